The van der Waals surface area contributed by atoms with Gasteiger partial charge in [0.1, 0.15) is 11.3 Å². The lowest BCUT2D eigenvalue weighted by Crippen LogP contribution is -2.41. The topological polar surface area (TPSA) is 128 Å². The van der Waals surface area contributed by atoms with E-state index in [1.165, 1.54) is 4.90 Å². The van der Waals surface area contributed by atoms with Gasteiger partial charge in [-0.05, 0) is 25.7 Å². The molecule has 0 radical (unpaired) electrons. The van der Waals surface area contributed by atoms with E-state index in [2.05, 4.69) is 20.8 Å². The third-order valence-corrected chi connectivity index (χ3v) is 5.29. The number of anilines is 1. The summed E-state index contributed by atoms with van der Waals surface area (Å²) in [6.07, 6.45) is 0.919. The Labute approximate surface area is 189 Å². The van der Waals surface area contributed by atoms with Crippen LogP contribution in [-0.4, -0.2) is 63.0 Å². The number of piperidine rings is 1. The molecule has 0 saturated carbocycles. The molecule has 0 aliphatic carbocycles. The van der Waals surface area contributed by atoms with Crippen molar-refractivity contribution in [2.45, 2.75) is 58.0 Å². The quantitative estimate of drug-likeness (QED) is 0.195. The van der Waals surface area contributed by atoms with Crippen LogP contribution in [0.25, 0.3) is 0 Å². The molecule has 0 bridgehead atoms. The van der Waals surface area contributed by atoms with E-state index in [1.807, 2.05) is 6.92 Å². The number of nitrogens with one attached hydrogen (secondary N) is 2. The van der Waals surface area contributed by atoms with Crippen LogP contribution >= 0.6 is 0 Å². The minimum absolute atomic E-state index is 0.172. The molecule has 1 aliphatic rings. The van der Waals surface area contributed by atoms with Crippen LogP contribution in [0.1, 0.15) is 67.9 Å². The number of alkyl halides is 3. The predicted molar refractivity (Wildman–Crippen MR) is 111 cm³/mol. The van der Waals surface area contributed by atoms with E-state index in [-0.39, 0.29) is 18.9 Å². The molecule has 2 heterocycles. The van der Waals surface area contributed by atoms with Crippen molar-refractivity contribution in [3.8, 4) is 0 Å². The normalized spacial score (nSPS) is 15.0. The highest BCUT2D eigenvalue weighted by Crippen LogP contribution is 2.32. The third kappa shape index (κ3) is 7.84. The maximum Gasteiger partial charge on any atom is 0.420 e. The molecule has 10 nitrogen and oxygen atoms in total. The second kappa shape index (κ2) is 12.3. The smallest absolute Gasteiger partial charge is 0.337 e. The van der Waals surface area contributed by atoms with Crippen molar-refractivity contribution in [3.05, 3.63) is 17.5 Å². The summed E-state index contributed by atoms with van der Waals surface area (Å²) in [6, 6.07) is 0. The zero-order valence-electron chi connectivity index (χ0n) is 18.4. The van der Waals surface area contributed by atoms with Crippen LogP contribution in [0.5, 0.6) is 0 Å². The van der Waals surface area contributed by atoms with Crippen LogP contribution in [0.3, 0.4) is 0 Å². The van der Waals surface area contributed by atoms with Crippen molar-refractivity contribution in [3.63, 3.8) is 0 Å². The number of hydrogen-bond acceptors (Lipinski definition) is 7. The number of halogens is 3. The van der Waals surface area contributed by atoms with E-state index in [0.717, 1.165) is 19.3 Å². The molecule has 33 heavy (non-hydrogen) atoms. The lowest BCUT2D eigenvalue weighted by atomic mass is 10.0. The van der Waals surface area contributed by atoms with Gasteiger partial charge in [0.05, 0.1) is 12.5 Å². The average molecular weight is 474 g/mol. The number of aromatic nitrogens is 2. The monoisotopic (exact) mass is 474 g/mol. The fourth-order valence-electron chi connectivity index (χ4n) is 3.49. The molecule has 1 saturated heterocycles. The van der Waals surface area contributed by atoms with Crippen molar-refractivity contribution in [1.29, 1.82) is 0 Å². The molecular weight excluding hydrogens is 445 g/mol. The van der Waals surface area contributed by atoms with E-state index in [9.17, 15) is 32.8 Å². The van der Waals surface area contributed by atoms with Gasteiger partial charge in [-0.15, -0.1) is 0 Å². The summed E-state index contributed by atoms with van der Waals surface area (Å²) in [4.78, 5) is 44.6. The van der Waals surface area contributed by atoms with Gasteiger partial charge in [0.25, 0.3) is 5.91 Å². The largest absolute Gasteiger partial charge is 0.420 e. The van der Waals surface area contributed by atoms with E-state index in [4.69, 9.17) is 0 Å². The first kappa shape index (κ1) is 26.3. The summed E-state index contributed by atoms with van der Waals surface area (Å²) in [5.74, 6) is -2.62. The molecule has 0 aromatic carbocycles. The molecule has 1 atom stereocenters. The standard InChI is InChI=1S/C20H29F3N6O4/c1-2-3-5-8-14(12-29(33)13-30)17(31)26-27-19-24-11-15(20(21,22)23)16(25-19)18(32)28-9-6-4-7-10-28/h11,13-14,33H,2-10,12H2,1H3,(H,26,31)(H,24,25,27)/t14-/m1/s1. The molecule has 3 amide bonds. The number of nitrogens with zero attached hydrogens (tertiary/aromatic N) is 4. The Hall–Kier alpha value is -2.96. The Kier molecular flexibility index (Phi) is 9.82. The van der Waals surface area contributed by atoms with Crippen molar-refractivity contribution in [2.75, 3.05) is 25.1 Å². The highest BCUT2D eigenvalue weighted by molar-refractivity contribution is 5.94. The van der Waals surface area contributed by atoms with Crippen LogP contribution in [0.4, 0.5) is 19.1 Å². The van der Waals surface area contributed by atoms with E-state index < -0.39 is 35.2 Å². The number of hydroxylamine groups is 2. The van der Waals surface area contributed by atoms with Gasteiger partial charge in [-0.3, -0.25) is 30.4 Å². The van der Waals surface area contributed by atoms with Crippen LogP contribution in [-0.2, 0) is 15.8 Å². The molecule has 1 aromatic rings. The van der Waals surface area contributed by atoms with Gasteiger partial charge in [0.2, 0.25) is 18.3 Å². The van der Waals surface area contributed by atoms with Crippen LogP contribution in [0.15, 0.2) is 6.20 Å². The lowest BCUT2D eigenvalue weighted by Gasteiger charge is -2.27. The van der Waals surface area contributed by atoms with Crippen molar-refractivity contribution in [2.24, 2.45) is 5.92 Å². The Morgan fingerprint density at radius 2 is 1.97 bits per heavy atom. The number of carbonyl (C=O) groups excluding carboxylic acids is 3. The first-order valence-corrected chi connectivity index (χ1v) is 10.9. The van der Waals surface area contributed by atoms with Gasteiger partial charge in [-0.1, -0.05) is 26.2 Å². The Bertz CT molecular complexity index is 817. The summed E-state index contributed by atoms with van der Waals surface area (Å²) < 4.78 is 40.3. The zero-order chi connectivity index (χ0) is 24.4. The predicted octanol–water partition coefficient (Wildman–Crippen LogP) is 2.61. The third-order valence-electron chi connectivity index (χ3n) is 5.29. The molecule has 0 spiro atoms. The summed E-state index contributed by atoms with van der Waals surface area (Å²) >= 11 is 0. The number of hydrazine groups is 1. The molecular formula is C20H29F3N6O4. The van der Waals surface area contributed by atoms with Gasteiger partial charge in [0.15, 0.2) is 0 Å². The number of hydrogen-bond donors (Lipinski definition) is 3. The Morgan fingerprint density at radius 3 is 2.58 bits per heavy atom. The molecule has 1 aromatic heterocycles. The number of rotatable bonds is 11. The summed E-state index contributed by atoms with van der Waals surface area (Å²) in [5.41, 5.74) is 2.57. The van der Waals surface area contributed by atoms with Crippen LogP contribution in [0.2, 0.25) is 0 Å². The zero-order valence-corrected chi connectivity index (χ0v) is 18.4. The highest BCUT2D eigenvalue weighted by atomic mass is 19.4. The maximum absolute atomic E-state index is 13.4. The molecule has 1 fully saturated rings. The first-order valence-electron chi connectivity index (χ1n) is 10.9. The van der Waals surface area contributed by atoms with E-state index in [1.54, 1.807) is 0 Å². The van der Waals surface area contributed by atoms with Crippen molar-refractivity contribution >= 4 is 24.2 Å². The molecule has 0 unspecified atom stereocenters. The summed E-state index contributed by atoms with van der Waals surface area (Å²) in [6.45, 7) is 2.40. The number of amides is 3. The number of unbranched alkanes of at least 4 members (excludes halogenated alkanes) is 2. The van der Waals surface area contributed by atoms with Crippen molar-refractivity contribution in [1.82, 2.24) is 25.4 Å². The minimum Gasteiger partial charge on any atom is -0.337 e. The Morgan fingerprint density at radius 1 is 1.27 bits per heavy atom. The average Bonchev–Trinajstić information content (AvgIpc) is 2.81. The molecule has 13 heteroatoms. The van der Waals surface area contributed by atoms with E-state index >= 15 is 0 Å². The highest BCUT2D eigenvalue weighted by Gasteiger charge is 2.38. The molecule has 1 aliphatic heterocycles. The van der Waals surface area contributed by atoms with Gasteiger partial charge in [0, 0.05) is 19.3 Å². The van der Waals surface area contributed by atoms with Crippen LogP contribution < -0.4 is 10.9 Å². The number of likely N-dealkylation sites (tertiary alicyclic amines) is 1. The van der Waals surface area contributed by atoms with E-state index in [0.29, 0.717) is 50.0 Å². The molecule has 184 valence electrons. The summed E-state index contributed by atoms with van der Waals surface area (Å²) in [5, 5.41) is 9.79. The Balaban J connectivity index is 2.16. The second-order valence-corrected chi connectivity index (χ2v) is 7.84. The minimum atomic E-state index is -4.83. The maximum atomic E-state index is 13.4. The lowest BCUT2D eigenvalue weighted by molar-refractivity contribution is -0.154. The number of carbonyl (C=O) groups is 3. The van der Waals surface area contributed by atoms with Crippen molar-refractivity contribution < 1.29 is 32.8 Å². The summed E-state index contributed by atoms with van der Waals surface area (Å²) in [7, 11) is 0. The molecule has 3 N–H and O–H groups in total. The van der Waals surface area contributed by atoms with Gasteiger partial charge < -0.3 is 4.90 Å². The van der Waals surface area contributed by atoms with Gasteiger partial charge in [-0.25, -0.2) is 15.0 Å². The SMILES string of the molecule is CCCCC[C@H](CN(O)C=O)C(=O)NNc1ncc(C(F)(F)F)c(C(=O)N2CCCCC2)n1. The fraction of sp³-hybridized carbons (Fsp3) is 0.650. The van der Waals surface area contributed by atoms with Crippen LogP contribution in [0, 0.1) is 5.92 Å². The fourth-order valence-corrected chi connectivity index (χ4v) is 3.49. The first-order chi connectivity index (χ1) is 15.7. The second-order valence-electron chi connectivity index (χ2n) is 7.84. The molecule has 2 rings (SSSR count). The van der Waals surface area contributed by atoms with Gasteiger partial charge in [-0.2, -0.15) is 13.2 Å². The van der Waals surface area contributed by atoms with Gasteiger partial charge >= 0.3 is 6.18 Å².